The van der Waals surface area contributed by atoms with Crippen LogP contribution in [-0.2, 0) is 23.5 Å². The Morgan fingerprint density at radius 2 is 2.17 bits per heavy atom. The molecule has 2 N–H and O–H groups in total. The van der Waals surface area contributed by atoms with Crippen LogP contribution in [0.2, 0.25) is 0 Å². The minimum Gasteiger partial charge on any atom is -0.468 e. The highest BCUT2D eigenvalue weighted by atomic mass is 32.2. The first-order chi connectivity index (χ1) is 14.2. The van der Waals surface area contributed by atoms with E-state index in [0.717, 1.165) is 18.0 Å². The van der Waals surface area contributed by atoms with Crippen molar-refractivity contribution in [2.75, 3.05) is 25.4 Å². The Balaban J connectivity index is 1.31. The zero-order chi connectivity index (χ0) is 20.3. The number of hydrogen-bond donors (Lipinski definition) is 2. The topological polar surface area (TPSA) is 78.6 Å². The van der Waals surface area contributed by atoms with Gasteiger partial charge in [-0.05, 0) is 68.6 Å². The van der Waals surface area contributed by atoms with Gasteiger partial charge in [0.25, 0.3) is 0 Å². The Bertz CT molecular complexity index is 733. The van der Waals surface area contributed by atoms with Crippen LogP contribution in [0.5, 0.6) is 0 Å². The zero-order valence-electron chi connectivity index (χ0n) is 16.9. The van der Waals surface area contributed by atoms with Crippen LogP contribution in [0.4, 0.5) is 0 Å². The highest BCUT2D eigenvalue weighted by Gasteiger charge is 2.12. The first kappa shape index (κ1) is 21.9. The molecule has 0 spiro atoms. The lowest BCUT2D eigenvalue weighted by Gasteiger charge is -2.26. The fourth-order valence-corrected chi connectivity index (χ4v) is 4.23. The maximum Gasteiger partial charge on any atom is 0.230 e. The van der Waals surface area contributed by atoms with Gasteiger partial charge in [0.05, 0.1) is 23.9 Å². The number of carbonyl (C=O) groups excluding carboxylic acids is 1. The van der Waals surface area contributed by atoms with Crippen LogP contribution in [0.25, 0.3) is 0 Å². The molecule has 0 aliphatic carbocycles. The quantitative estimate of drug-likeness (QED) is 0.585. The molecular weight excluding hydrogens is 386 g/mol. The van der Waals surface area contributed by atoms with E-state index in [0.29, 0.717) is 24.3 Å². The lowest BCUT2D eigenvalue weighted by Crippen LogP contribution is -2.33. The summed E-state index contributed by atoms with van der Waals surface area (Å²) in [7, 11) is 0. The molecule has 6 nitrogen and oxygen atoms in total. The molecule has 3 heterocycles. The molecule has 29 heavy (non-hydrogen) atoms. The normalized spacial score (nSPS) is 15.9. The number of piperidine rings is 1. The maximum atomic E-state index is 11.9. The third-order valence-corrected chi connectivity index (χ3v) is 6.02. The number of rotatable bonds is 11. The number of nitrogens with one attached hydrogen (secondary N) is 1. The fourth-order valence-electron chi connectivity index (χ4n) is 3.48. The minimum absolute atomic E-state index is 0.0674. The Morgan fingerprint density at radius 1 is 1.31 bits per heavy atom. The van der Waals surface area contributed by atoms with Gasteiger partial charge in [-0.15, -0.1) is 11.8 Å². The van der Waals surface area contributed by atoms with E-state index in [2.05, 4.69) is 27.3 Å². The molecule has 1 aliphatic heterocycles. The monoisotopic (exact) mass is 417 g/mol. The molecule has 0 saturated carbocycles. The van der Waals surface area contributed by atoms with Gasteiger partial charge >= 0.3 is 0 Å². The summed E-state index contributed by atoms with van der Waals surface area (Å²) in [4.78, 5) is 18.8. The van der Waals surface area contributed by atoms with E-state index in [9.17, 15) is 9.90 Å². The number of pyridine rings is 1. The van der Waals surface area contributed by atoms with E-state index >= 15 is 0 Å². The standard InChI is InChI=1S/C22H31N3O3S/c26-20(14-24-22(27)17-29-16-21-5-4-12-28-21)7-6-19-13-18(8-9-23-19)15-25-10-2-1-3-11-25/h4-5,8-9,12-13,20,26H,1-3,6-7,10-11,14-17H2,(H,24,27). The number of furan rings is 1. The Labute approximate surface area is 177 Å². The number of carbonyl (C=O) groups is 1. The molecule has 7 heteroatoms. The first-order valence-electron chi connectivity index (χ1n) is 10.4. The largest absolute Gasteiger partial charge is 0.468 e. The summed E-state index contributed by atoms with van der Waals surface area (Å²) in [5, 5.41) is 13.0. The van der Waals surface area contributed by atoms with Crippen molar-refractivity contribution in [3.05, 3.63) is 53.7 Å². The van der Waals surface area contributed by atoms with E-state index in [4.69, 9.17) is 4.42 Å². The van der Waals surface area contributed by atoms with Crippen molar-refractivity contribution in [2.24, 2.45) is 0 Å². The Morgan fingerprint density at radius 3 is 2.97 bits per heavy atom. The van der Waals surface area contributed by atoms with Crippen molar-refractivity contribution in [3.8, 4) is 0 Å². The second-order valence-electron chi connectivity index (χ2n) is 7.56. The molecule has 1 amide bonds. The summed E-state index contributed by atoms with van der Waals surface area (Å²) in [6, 6.07) is 7.95. The third kappa shape index (κ3) is 8.20. The lowest BCUT2D eigenvalue weighted by molar-refractivity contribution is -0.119. The first-order valence-corrected chi connectivity index (χ1v) is 11.6. The Hall–Kier alpha value is -1.83. The predicted molar refractivity (Wildman–Crippen MR) is 116 cm³/mol. The van der Waals surface area contributed by atoms with Crippen LogP contribution in [0.1, 0.15) is 42.7 Å². The SMILES string of the molecule is O=C(CSCc1ccco1)NCC(O)CCc1cc(CN2CCCCC2)ccn1. The second-order valence-corrected chi connectivity index (χ2v) is 8.55. The van der Waals surface area contributed by atoms with Gasteiger partial charge in [0.2, 0.25) is 5.91 Å². The molecular formula is C22H31N3O3S. The molecule has 0 aromatic carbocycles. The smallest absolute Gasteiger partial charge is 0.230 e. The van der Waals surface area contributed by atoms with Crippen LogP contribution in [0, 0.1) is 0 Å². The number of aliphatic hydroxyl groups is 1. The molecule has 0 bridgehead atoms. The van der Waals surface area contributed by atoms with Gasteiger partial charge in [0.15, 0.2) is 0 Å². The van der Waals surface area contributed by atoms with Crippen LogP contribution in [0.3, 0.4) is 0 Å². The average Bonchev–Trinajstić information content (AvgIpc) is 3.25. The fraction of sp³-hybridized carbons (Fsp3) is 0.545. The van der Waals surface area contributed by atoms with Crippen LogP contribution in [-0.4, -0.2) is 52.4 Å². The van der Waals surface area contributed by atoms with Crippen molar-refractivity contribution in [3.63, 3.8) is 0 Å². The molecule has 1 unspecified atom stereocenters. The lowest BCUT2D eigenvalue weighted by atomic mass is 10.1. The van der Waals surface area contributed by atoms with Crippen molar-refractivity contribution in [1.82, 2.24) is 15.2 Å². The van der Waals surface area contributed by atoms with Crippen molar-refractivity contribution < 1.29 is 14.3 Å². The summed E-state index contributed by atoms with van der Waals surface area (Å²) < 4.78 is 5.24. The number of nitrogens with zero attached hydrogens (tertiary/aromatic N) is 2. The van der Waals surface area contributed by atoms with Crippen LogP contribution in [0.15, 0.2) is 41.1 Å². The number of aromatic nitrogens is 1. The molecule has 158 valence electrons. The Kier molecular flexibility index (Phi) is 9.05. The zero-order valence-corrected chi connectivity index (χ0v) is 17.7. The number of amides is 1. The molecule has 2 aromatic heterocycles. The molecule has 1 atom stereocenters. The highest BCUT2D eigenvalue weighted by molar-refractivity contribution is 7.99. The predicted octanol–water partition coefficient (Wildman–Crippen LogP) is 3.00. The van der Waals surface area contributed by atoms with Gasteiger partial charge in [-0.3, -0.25) is 14.7 Å². The molecule has 2 aromatic rings. The van der Waals surface area contributed by atoms with Gasteiger partial charge < -0.3 is 14.8 Å². The molecule has 0 radical (unpaired) electrons. The number of likely N-dealkylation sites (tertiary alicyclic amines) is 1. The molecule has 1 saturated heterocycles. The summed E-state index contributed by atoms with van der Waals surface area (Å²) in [6.45, 7) is 3.60. The number of aryl methyl sites for hydroxylation is 1. The van der Waals surface area contributed by atoms with Crippen molar-refractivity contribution in [1.29, 1.82) is 0 Å². The number of hydrogen-bond acceptors (Lipinski definition) is 6. The average molecular weight is 418 g/mol. The van der Waals surface area contributed by atoms with Crippen LogP contribution >= 0.6 is 11.8 Å². The second kappa shape index (κ2) is 12.0. The summed E-state index contributed by atoms with van der Waals surface area (Å²) in [5.74, 6) is 1.82. The van der Waals surface area contributed by atoms with Gasteiger partial charge in [-0.2, -0.15) is 0 Å². The van der Waals surface area contributed by atoms with Crippen molar-refractivity contribution in [2.45, 2.75) is 50.5 Å². The highest BCUT2D eigenvalue weighted by Crippen LogP contribution is 2.14. The molecule has 1 fully saturated rings. The number of aliphatic hydroxyl groups excluding tert-OH is 1. The summed E-state index contributed by atoms with van der Waals surface area (Å²) >= 11 is 1.50. The maximum absolute atomic E-state index is 11.9. The van der Waals surface area contributed by atoms with E-state index in [1.807, 2.05) is 18.3 Å². The van der Waals surface area contributed by atoms with E-state index in [1.165, 1.54) is 49.7 Å². The number of thioether (sulfide) groups is 1. The van der Waals surface area contributed by atoms with E-state index in [1.54, 1.807) is 6.26 Å². The minimum atomic E-state index is -0.568. The molecule has 1 aliphatic rings. The summed E-state index contributed by atoms with van der Waals surface area (Å²) in [5.41, 5.74) is 2.28. The van der Waals surface area contributed by atoms with Gasteiger partial charge in [0.1, 0.15) is 5.76 Å². The molecule has 3 rings (SSSR count). The third-order valence-electron chi connectivity index (χ3n) is 5.06. The van der Waals surface area contributed by atoms with Crippen LogP contribution < -0.4 is 5.32 Å². The van der Waals surface area contributed by atoms with Gasteiger partial charge in [-0.1, -0.05) is 6.42 Å². The van der Waals surface area contributed by atoms with Crippen molar-refractivity contribution >= 4 is 17.7 Å². The van der Waals surface area contributed by atoms with Gasteiger partial charge in [0, 0.05) is 25.0 Å². The van der Waals surface area contributed by atoms with Gasteiger partial charge in [-0.25, -0.2) is 0 Å². The van der Waals surface area contributed by atoms with E-state index in [-0.39, 0.29) is 12.5 Å². The summed E-state index contributed by atoms with van der Waals surface area (Å²) in [6.07, 6.45) is 8.13. The van der Waals surface area contributed by atoms with E-state index < -0.39 is 6.10 Å².